The molecule has 1 atom stereocenters. The van der Waals surface area contributed by atoms with Gasteiger partial charge >= 0.3 is 0 Å². The van der Waals surface area contributed by atoms with E-state index in [9.17, 15) is 8.42 Å². The lowest BCUT2D eigenvalue weighted by Gasteiger charge is -2.15. The van der Waals surface area contributed by atoms with Crippen LogP contribution in [-0.4, -0.2) is 15.0 Å². The van der Waals surface area contributed by atoms with Gasteiger partial charge in [-0.1, -0.05) is 12.1 Å². The van der Waals surface area contributed by atoms with Gasteiger partial charge in [0, 0.05) is 6.04 Å². The smallest absolute Gasteiger partial charge is 0.241 e. The maximum atomic E-state index is 12.4. The van der Waals surface area contributed by atoms with Crippen LogP contribution in [0.25, 0.3) is 0 Å². The molecule has 1 unspecified atom stereocenters. The molecule has 0 aliphatic rings. The molecule has 2 aromatic carbocycles. The molecule has 0 saturated heterocycles. The highest BCUT2D eigenvalue weighted by atomic mass is 32.2. The molecule has 0 bridgehead atoms. The van der Waals surface area contributed by atoms with E-state index in [2.05, 4.69) is 4.72 Å². The van der Waals surface area contributed by atoms with Crippen LogP contribution >= 0.6 is 0 Å². The number of sulfonamides is 1. The van der Waals surface area contributed by atoms with Crippen LogP contribution in [0.1, 0.15) is 31.0 Å². The average Bonchev–Trinajstić information content (AvgIpc) is 2.55. The zero-order valence-electron chi connectivity index (χ0n) is 13.0. The summed E-state index contributed by atoms with van der Waals surface area (Å²) < 4.78 is 32.7. The molecular formula is C17H18N2O3S. The first kappa shape index (κ1) is 17.0. The van der Waals surface area contributed by atoms with Gasteiger partial charge < -0.3 is 4.74 Å². The predicted molar refractivity (Wildman–Crippen MR) is 87.5 cm³/mol. The highest BCUT2D eigenvalue weighted by Crippen LogP contribution is 2.20. The molecule has 0 spiro atoms. The van der Waals surface area contributed by atoms with Crippen molar-refractivity contribution in [3.05, 3.63) is 59.7 Å². The van der Waals surface area contributed by atoms with Crippen LogP contribution in [0.15, 0.2) is 53.4 Å². The summed E-state index contributed by atoms with van der Waals surface area (Å²) in [5, 5.41) is 8.76. The number of nitrogens with zero attached hydrogens (tertiary/aromatic N) is 1. The number of nitrogens with one attached hydrogen (secondary N) is 1. The van der Waals surface area contributed by atoms with Crippen molar-refractivity contribution in [3.63, 3.8) is 0 Å². The van der Waals surface area contributed by atoms with Crippen LogP contribution in [0.4, 0.5) is 0 Å². The van der Waals surface area contributed by atoms with Gasteiger partial charge in [0.15, 0.2) is 0 Å². The first-order chi connectivity index (χ1) is 11.0. The molecule has 0 radical (unpaired) electrons. The minimum Gasteiger partial charge on any atom is -0.494 e. The molecular weight excluding hydrogens is 312 g/mol. The van der Waals surface area contributed by atoms with E-state index in [-0.39, 0.29) is 10.9 Å². The monoisotopic (exact) mass is 330 g/mol. The van der Waals surface area contributed by atoms with Crippen LogP contribution in [0.2, 0.25) is 0 Å². The van der Waals surface area contributed by atoms with E-state index in [4.69, 9.17) is 10.00 Å². The Morgan fingerprint density at radius 2 is 1.74 bits per heavy atom. The van der Waals surface area contributed by atoms with Crippen LogP contribution in [-0.2, 0) is 10.0 Å². The fourth-order valence-electron chi connectivity index (χ4n) is 2.10. The lowest BCUT2D eigenvalue weighted by atomic mass is 10.1. The molecule has 2 rings (SSSR count). The van der Waals surface area contributed by atoms with Crippen molar-refractivity contribution in [1.29, 1.82) is 5.26 Å². The summed E-state index contributed by atoms with van der Waals surface area (Å²) in [5.74, 6) is 0.749. The third-order valence-corrected chi connectivity index (χ3v) is 4.87. The normalized spacial score (nSPS) is 12.4. The number of hydrogen-bond donors (Lipinski definition) is 1. The maximum Gasteiger partial charge on any atom is 0.241 e. The Balaban J connectivity index is 2.13. The second-order valence-electron chi connectivity index (χ2n) is 4.98. The number of rotatable bonds is 6. The molecule has 2 aromatic rings. The fraction of sp³-hybridized carbons (Fsp3) is 0.235. The predicted octanol–water partition coefficient (Wildman–Crippen LogP) is 3.00. The molecule has 0 aliphatic heterocycles. The summed E-state index contributed by atoms with van der Waals surface area (Å²) >= 11 is 0. The number of ether oxygens (including phenoxy) is 1. The third kappa shape index (κ3) is 4.31. The molecule has 120 valence electrons. The summed E-state index contributed by atoms with van der Waals surface area (Å²) in [4.78, 5) is 0.134. The quantitative estimate of drug-likeness (QED) is 0.883. The van der Waals surface area contributed by atoms with Crippen LogP contribution in [0, 0.1) is 11.3 Å². The van der Waals surface area contributed by atoms with Crippen LogP contribution in [0.3, 0.4) is 0 Å². The Morgan fingerprint density at radius 3 is 2.26 bits per heavy atom. The van der Waals surface area contributed by atoms with Crippen molar-refractivity contribution in [3.8, 4) is 11.8 Å². The lowest BCUT2D eigenvalue weighted by Crippen LogP contribution is -2.26. The third-order valence-electron chi connectivity index (χ3n) is 3.32. The first-order valence-electron chi connectivity index (χ1n) is 7.21. The lowest BCUT2D eigenvalue weighted by molar-refractivity contribution is 0.340. The highest BCUT2D eigenvalue weighted by molar-refractivity contribution is 7.89. The fourth-order valence-corrected chi connectivity index (χ4v) is 3.33. The Labute approximate surface area is 136 Å². The molecule has 0 aromatic heterocycles. The Hall–Kier alpha value is -2.36. The van der Waals surface area contributed by atoms with Crippen LogP contribution in [0.5, 0.6) is 5.75 Å². The molecule has 0 saturated carbocycles. The number of nitriles is 1. The van der Waals surface area contributed by atoms with Crippen molar-refractivity contribution < 1.29 is 13.2 Å². The van der Waals surface area contributed by atoms with Gasteiger partial charge in [-0.05, 0) is 55.8 Å². The molecule has 1 N–H and O–H groups in total. The SMILES string of the molecule is CCOc1ccc(C(C)NS(=O)(=O)c2ccc(C#N)cc2)cc1. The average molecular weight is 330 g/mol. The second-order valence-corrected chi connectivity index (χ2v) is 6.70. The van der Waals surface area contributed by atoms with Gasteiger partial charge in [0.1, 0.15) is 5.75 Å². The van der Waals surface area contributed by atoms with Gasteiger partial charge in [-0.2, -0.15) is 5.26 Å². The summed E-state index contributed by atoms with van der Waals surface area (Å²) in [6, 6.07) is 14.7. The van der Waals surface area contributed by atoms with Crippen molar-refractivity contribution in [1.82, 2.24) is 4.72 Å². The number of benzene rings is 2. The van der Waals surface area contributed by atoms with E-state index >= 15 is 0 Å². The van der Waals surface area contributed by atoms with Crippen molar-refractivity contribution in [2.24, 2.45) is 0 Å². The number of hydrogen-bond acceptors (Lipinski definition) is 4. The Bertz CT molecular complexity index is 791. The van der Waals surface area contributed by atoms with Gasteiger partial charge in [-0.3, -0.25) is 0 Å². The van der Waals surface area contributed by atoms with Gasteiger partial charge in [0.2, 0.25) is 10.0 Å². The molecule has 0 fully saturated rings. The van der Waals surface area contributed by atoms with E-state index in [0.29, 0.717) is 12.2 Å². The van der Waals surface area contributed by atoms with Crippen molar-refractivity contribution >= 4 is 10.0 Å². The molecule has 6 heteroatoms. The highest BCUT2D eigenvalue weighted by Gasteiger charge is 2.18. The Kier molecular flexibility index (Phi) is 5.37. The van der Waals surface area contributed by atoms with Crippen LogP contribution < -0.4 is 9.46 Å². The zero-order chi connectivity index (χ0) is 16.9. The van der Waals surface area contributed by atoms with E-state index in [0.717, 1.165) is 11.3 Å². The minimum atomic E-state index is -3.64. The molecule has 0 aliphatic carbocycles. The topological polar surface area (TPSA) is 79.2 Å². The Morgan fingerprint density at radius 1 is 1.13 bits per heavy atom. The van der Waals surface area contributed by atoms with E-state index in [1.807, 2.05) is 37.3 Å². The van der Waals surface area contributed by atoms with E-state index in [1.54, 1.807) is 6.92 Å². The van der Waals surface area contributed by atoms with Crippen molar-refractivity contribution in [2.45, 2.75) is 24.8 Å². The standard InChI is InChI=1S/C17H18N2O3S/c1-3-22-16-8-6-15(7-9-16)13(2)19-23(20,21)17-10-4-14(12-18)5-11-17/h4-11,13,19H,3H2,1-2H3. The van der Waals surface area contributed by atoms with Gasteiger partial charge in [0.25, 0.3) is 0 Å². The zero-order valence-corrected chi connectivity index (χ0v) is 13.8. The van der Waals surface area contributed by atoms with Gasteiger partial charge in [-0.25, -0.2) is 13.1 Å². The minimum absolute atomic E-state index is 0.134. The summed E-state index contributed by atoms with van der Waals surface area (Å²) in [7, 11) is -3.64. The molecule has 0 amide bonds. The maximum absolute atomic E-state index is 12.4. The second kappa shape index (κ2) is 7.27. The van der Waals surface area contributed by atoms with Crippen molar-refractivity contribution in [2.75, 3.05) is 6.61 Å². The van der Waals surface area contributed by atoms with Gasteiger partial charge in [0.05, 0.1) is 23.1 Å². The molecule has 5 nitrogen and oxygen atoms in total. The summed E-state index contributed by atoms with van der Waals surface area (Å²) in [6.07, 6.45) is 0. The summed E-state index contributed by atoms with van der Waals surface area (Å²) in [5.41, 5.74) is 1.26. The van der Waals surface area contributed by atoms with E-state index in [1.165, 1.54) is 24.3 Å². The molecule has 23 heavy (non-hydrogen) atoms. The largest absolute Gasteiger partial charge is 0.494 e. The van der Waals surface area contributed by atoms with E-state index < -0.39 is 10.0 Å². The van der Waals surface area contributed by atoms with Gasteiger partial charge in [-0.15, -0.1) is 0 Å². The first-order valence-corrected chi connectivity index (χ1v) is 8.70. The summed E-state index contributed by atoms with van der Waals surface area (Å²) in [6.45, 7) is 4.26. The molecule has 0 heterocycles.